The van der Waals surface area contributed by atoms with Gasteiger partial charge in [0.2, 0.25) is 0 Å². The third-order valence-corrected chi connectivity index (χ3v) is 5.27. The molecule has 2 aromatic heterocycles. The average Bonchev–Trinajstić information content (AvgIpc) is 3.03. The van der Waals surface area contributed by atoms with E-state index in [0.29, 0.717) is 28.8 Å². The molecule has 0 aliphatic rings. The van der Waals surface area contributed by atoms with Gasteiger partial charge in [-0.15, -0.1) is 0 Å². The molecule has 4 aromatic rings. The van der Waals surface area contributed by atoms with Crippen molar-refractivity contribution in [1.82, 2.24) is 19.1 Å². The van der Waals surface area contributed by atoms with Gasteiger partial charge in [0.15, 0.2) is 17.2 Å². The minimum Gasteiger partial charge on any atom is -0.497 e. The van der Waals surface area contributed by atoms with E-state index in [-0.39, 0.29) is 16.9 Å². The summed E-state index contributed by atoms with van der Waals surface area (Å²) in [6, 6.07) is 14.9. The highest BCUT2D eigenvalue weighted by molar-refractivity contribution is 6.02. The van der Waals surface area contributed by atoms with Crippen LogP contribution >= 0.6 is 0 Å². The summed E-state index contributed by atoms with van der Waals surface area (Å²) in [5.41, 5.74) is 8.29. The highest BCUT2D eigenvalue weighted by atomic mass is 16.5. The number of hydrogen-bond acceptors (Lipinski definition) is 5. The molecule has 4 rings (SSSR count). The van der Waals surface area contributed by atoms with E-state index in [9.17, 15) is 9.59 Å². The van der Waals surface area contributed by atoms with Crippen LogP contribution in [0.25, 0.3) is 28.2 Å². The molecular weight excluding hydrogens is 394 g/mol. The molecule has 2 N–H and O–H groups in total. The molecule has 0 saturated heterocycles. The Morgan fingerprint density at radius 3 is 2.42 bits per heavy atom. The number of amides is 1. The molecule has 0 bridgehead atoms. The average molecular weight is 417 g/mol. The number of ether oxygens (including phenoxy) is 1. The number of methoxy groups -OCH3 is 1. The van der Waals surface area contributed by atoms with Crippen LogP contribution in [0.2, 0.25) is 0 Å². The van der Waals surface area contributed by atoms with Crippen molar-refractivity contribution >= 4 is 17.1 Å². The predicted octanol–water partition coefficient (Wildman–Crippen LogP) is 3.02. The van der Waals surface area contributed by atoms with Crippen LogP contribution in [0.5, 0.6) is 5.75 Å². The third kappa shape index (κ3) is 3.46. The van der Waals surface area contributed by atoms with Crippen molar-refractivity contribution in [3.05, 3.63) is 70.3 Å². The van der Waals surface area contributed by atoms with Gasteiger partial charge in [-0.25, -0.2) is 19.3 Å². The number of rotatable bonds is 5. The second-order valence-corrected chi connectivity index (χ2v) is 7.59. The quantitative estimate of drug-likeness (QED) is 0.537. The van der Waals surface area contributed by atoms with Gasteiger partial charge in [0.25, 0.3) is 5.91 Å². The number of nitrogens with zero attached hydrogens (tertiary/aromatic N) is 4. The number of nitrogens with two attached hydrogens (primary N) is 1. The molecule has 0 radical (unpaired) electrons. The number of primary amides is 1. The lowest BCUT2D eigenvalue weighted by Gasteiger charge is -2.09. The Labute approximate surface area is 178 Å². The first-order valence-corrected chi connectivity index (χ1v) is 9.86. The van der Waals surface area contributed by atoms with Crippen molar-refractivity contribution in [2.75, 3.05) is 7.11 Å². The van der Waals surface area contributed by atoms with E-state index >= 15 is 0 Å². The molecular formula is C23H23N5O3. The Bertz CT molecular complexity index is 1350. The van der Waals surface area contributed by atoms with Gasteiger partial charge in [0, 0.05) is 18.7 Å². The molecule has 0 fully saturated rings. The second kappa shape index (κ2) is 7.71. The Hall–Kier alpha value is -3.94. The van der Waals surface area contributed by atoms with Gasteiger partial charge in [-0.2, -0.15) is 0 Å². The summed E-state index contributed by atoms with van der Waals surface area (Å²) in [4.78, 5) is 34.4. The third-order valence-electron chi connectivity index (χ3n) is 5.27. The summed E-state index contributed by atoms with van der Waals surface area (Å²) in [6.07, 6.45) is 0. The maximum Gasteiger partial charge on any atom is 0.334 e. The van der Waals surface area contributed by atoms with Crippen LogP contribution in [0.3, 0.4) is 0 Å². The normalized spacial score (nSPS) is 11.3. The molecule has 31 heavy (non-hydrogen) atoms. The molecule has 0 aliphatic carbocycles. The van der Waals surface area contributed by atoms with Gasteiger partial charge in [0.1, 0.15) is 11.3 Å². The minimum absolute atomic E-state index is 0.00539. The van der Waals surface area contributed by atoms with Crippen LogP contribution in [0.4, 0.5) is 0 Å². The molecule has 8 nitrogen and oxygen atoms in total. The van der Waals surface area contributed by atoms with E-state index in [2.05, 4.69) is 23.8 Å². The van der Waals surface area contributed by atoms with Crippen LogP contribution < -0.4 is 16.2 Å². The van der Waals surface area contributed by atoms with Gasteiger partial charge in [0.05, 0.1) is 12.8 Å². The monoisotopic (exact) mass is 417 g/mol. The van der Waals surface area contributed by atoms with Crippen molar-refractivity contribution in [1.29, 1.82) is 0 Å². The zero-order valence-corrected chi connectivity index (χ0v) is 17.8. The van der Waals surface area contributed by atoms with Crippen molar-refractivity contribution in [3.8, 4) is 22.8 Å². The maximum absolute atomic E-state index is 13.1. The van der Waals surface area contributed by atoms with E-state index in [1.54, 1.807) is 38.4 Å². The fourth-order valence-electron chi connectivity index (χ4n) is 3.54. The SMILES string of the molecule is COc1cccc(-n2c(=O)n(C)c3c(C(N)=O)nc(-c4ccc(C(C)C)cc4)nc32)c1. The minimum atomic E-state index is -0.731. The van der Waals surface area contributed by atoms with Crippen molar-refractivity contribution in [2.24, 2.45) is 12.8 Å². The van der Waals surface area contributed by atoms with Gasteiger partial charge < -0.3 is 10.5 Å². The summed E-state index contributed by atoms with van der Waals surface area (Å²) in [6.45, 7) is 4.22. The molecule has 1 amide bonds. The van der Waals surface area contributed by atoms with E-state index in [1.165, 1.54) is 14.7 Å². The Morgan fingerprint density at radius 2 is 1.81 bits per heavy atom. The van der Waals surface area contributed by atoms with Crippen LogP contribution in [0, 0.1) is 0 Å². The maximum atomic E-state index is 13.1. The van der Waals surface area contributed by atoms with E-state index in [1.807, 2.05) is 24.3 Å². The number of fused-ring (bicyclic) bond motifs is 1. The number of aromatic nitrogens is 4. The number of aryl methyl sites for hydroxylation is 1. The second-order valence-electron chi connectivity index (χ2n) is 7.59. The summed E-state index contributed by atoms with van der Waals surface area (Å²) >= 11 is 0. The standard InChI is InChI=1S/C23H23N5O3/c1-13(2)14-8-10-15(11-9-14)21-25-18(20(24)29)19-22(26-21)28(23(30)27(19)3)16-6-5-7-17(12-16)31-4/h5-13H,1-4H3,(H2,24,29). The first-order valence-electron chi connectivity index (χ1n) is 9.86. The van der Waals surface area contributed by atoms with Crippen LogP contribution in [0.15, 0.2) is 53.3 Å². The number of imidazole rings is 1. The van der Waals surface area contributed by atoms with E-state index < -0.39 is 5.91 Å². The van der Waals surface area contributed by atoms with Gasteiger partial charge >= 0.3 is 5.69 Å². The summed E-state index contributed by atoms with van der Waals surface area (Å²) in [7, 11) is 3.12. The smallest absolute Gasteiger partial charge is 0.334 e. The summed E-state index contributed by atoms with van der Waals surface area (Å²) < 4.78 is 8.05. The van der Waals surface area contributed by atoms with Crippen molar-refractivity contribution in [2.45, 2.75) is 19.8 Å². The topological polar surface area (TPSA) is 105 Å². The van der Waals surface area contributed by atoms with Gasteiger partial charge in [-0.1, -0.05) is 44.2 Å². The van der Waals surface area contributed by atoms with Crippen LogP contribution in [0.1, 0.15) is 35.8 Å². The molecule has 2 heterocycles. The molecule has 0 spiro atoms. The zero-order valence-electron chi connectivity index (χ0n) is 17.8. The fourth-order valence-corrected chi connectivity index (χ4v) is 3.54. The van der Waals surface area contributed by atoms with Crippen molar-refractivity contribution < 1.29 is 9.53 Å². The Balaban J connectivity index is 2.03. The van der Waals surface area contributed by atoms with Gasteiger partial charge in [-0.3, -0.25) is 9.36 Å². The lowest BCUT2D eigenvalue weighted by Crippen LogP contribution is -2.21. The number of hydrogen-bond donors (Lipinski definition) is 1. The molecule has 0 unspecified atom stereocenters. The number of carbonyl (C=O) groups is 1. The molecule has 158 valence electrons. The molecule has 0 saturated carbocycles. The lowest BCUT2D eigenvalue weighted by atomic mass is 10.0. The predicted molar refractivity (Wildman–Crippen MR) is 119 cm³/mol. The zero-order chi connectivity index (χ0) is 22.3. The van der Waals surface area contributed by atoms with E-state index in [0.717, 1.165) is 5.56 Å². The van der Waals surface area contributed by atoms with Crippen molar-refractivity contribution in [3.63, 3.8) is 0 Å². The number of benzene rings is 2. The highest BCUT2D eigenvalue weighted by Crippen LogP contribution is 2.25. The van der Waals surface area contributed by atoms with E-state index in [4.69, 9.17) is 10.5 Å². The molecule has 0 aliphatic heterocycles. The fraction of sp³-hybridized carbons (Fsp3) is 0.217. The molecule has 8 heteroatoms. The van der Waals surface area contributed by atoms with Crippen LogP contribution in [-0.4, -0.2) is 32.1 Å². The molecule has 2 aromatic carbocycles. The highest BCUT2D eigenvalue weighted by Gasteiger charge is 2.23. The lowest BCUT2D eigenvalue weighted by molar-refractivity contribution is 0.0997. The van der Waals surface area contributed by atoms with Crippen LogP contribution in [-0.2, 0) is 7.05 Å². The largest absolute Gasteiger partial charge is 0.497 e. The summed E-state index contributed by atoms with van der Waals surface area (Å²) in [5.74, 6) is 0.561. The molecule has 0 atom stereocenters. The summed E-state index contributed by atoms with van der Waals surface area (Å²) in [5, 5.41) is 0. The van der Waals surface area contributed by atoms with Gasteiger partial charge in [-0.05, 0) is 23.6 Å². The first kappa shape index (κ1) is 20.3. The Kier molecular flexibility index (Phi) is 5.06. The Morgan fingerprint density at radius 1 is 1.10 bits per heavy atom. The number of carbonyl (C=O) groups excluding carboxylic acids is 1. The first-order chi connectivity index (χ1) is 14.8.